The van der Waals surface area contributed by atoms with Crippen LogP contribution in [0.25, 0.3) is 0 Å². The van der Waals surface area contributed by atoms with Crippen LogP contribution in [0.5, 0.6) is 0 Å². The molecular formula is C13H18N2O3. The lowest BCUT2D eigenvalue weighted by atomic mass is 10.1. The number of carbonyl (C=O) groups excluding carboxylic acids is 2. The predicted molar refractivity (Wildman–Crippen MR) is 67.5 cm³/mol. The maximum absolute atomic E-state index is 11.4. The minimum Gasteiger partial charge on any atom is -0.460 e. The topological polar surface area (TPSA) is 81.4 Å². The summed E-state index contributed by atoms with van der Waals surface area (Å²) < 4.78 is 5.00. The van der Waals surface area contributed by atoms with E-state index >= 15 is 0 Å². The summed E-state index contributed by atoms with van der Waals surface area (Å²) in [6, 6.07) is 9.32. The number of nitrogens with one attached hydrogen (secondary N) is 1. The number of esters is 1. The summed E-state index contributed by atoms with van der Waals surface area (Å²) in [5, 5.41) is 2.42. The summed E-state index contributed by atoms with van der Waals surface area (Å²) >= 11 is 0. The van der Waals surface area contributed by atoms with Gasteiger partial charge in [-0.3, -0.25) is 9.59 Å². The minimum atomic E-state index is -1.00. The summed E-state index contributed by atoms with van der Waals surface area (Å²) in [5.41, 5.74) is 5.47. The minimum absolute atomic E-state index is 0.174. The Labute approximate surface area is 106 Å². The van der Waals surface area contributed by atoms with Gasteiger partial charge in [0.1, 0.15) is 13.2 Å². The quantitative estimate of drug-likeness (QED) is 0.749. The van der Waals surface area contributed by atoms with Crippen molar-refractivity contribution >= 4 is 11.9 Å². The molecular weight excluding hydrogens is 232 g/mol. The lowest BCUT2D eigenvalue weighted by molar-refractivity contribution is -0.145. The Bertz CT molecular complexity index is 410. The molecule has 0 heterocycles. The molecule has 0 saturated heterocycles. The largest absolute Gasteiger partial charge is 0.460 e. The maximum Gasteiger partial charge on any atom is 0.325 e. The van der Waals surface area contributed by atoms with Gasteiger partial charge in [-0.1, -0.05) is 30.3 Å². The number of rotatable bonds is 5. The number of ether oxygens (including phenoxy) is 1. The van der Waals surface area contributed by atoms with E-state index in [4.69, 9.17) is 10.5 Å². The van der Waals surface area contributed by atoms with Crippen molar-refractivity contribution in [1.82, 2.24) is 5.32 Å². The van der Waals surface area contributed by atoms with Crippen LogP contribution in [-0.2, 0) is 20.9 Å². The molecule has 0 aliphatic carbocycles. The van der Waals surface area contributed by atoms with Gasteiger partial charge in [0.2, 0.25) is 5.91 Å². The Morgan fingerprint density at radius 2 is 1.89 bits per heavy atom. The van der Waals surface area contributed by atoms with Crippen LogP contribution in [0.3, 0.4) is 0 Å². The van der Waals surface area contributed by atoms with Crippen LogP contribution in [0, 0.1) is 0 Å². The first-order valence-corrected chi connectivity index (χ1v) is 5.66. The Morgan fingerprint density at radius 3 is 2.44 bits per heavy atom. The highest BCUT2D eigenvalue weighted by molar-refractivity contribution is 5.88. The standard InChI is InChI=1S/C13H18N2O3/c1-13(2,14)12(17)15-8-11(16)18-9-10-6-4-3-5-7-10/h3-7H,8-9,14H2,1-2H3,(H,15,17). The zero-order valence-corrected chi connectivity index (χ0v) is 10.6. The van der Waals surface area contributed by atoms with Crippen LogP contribution in [-0.4, -0.2) is 24.0 Å². The molecule has 0 spiro atoms. The fourth-order valence-electron chi connectivity index (χ4n) is 1.17. The van der Waals surface area contributed by atoms with Crippen molar-refractivity contribution in [1.29, 1.82) is 0 Å². The van der Waals surface area contributed by atoms with Gasteiger partial charge in [-0.25, -0.2) is 0 Å². The SMILES string of the molecule is CC(C)(N)C(=O)NCC(=O)OCc1ccccc1. The zero-order valence-electron chi connectivity index (χ0n) is 10.6. The molecule has 5 nitrogen and oxygen atoms in total. The van der Waals surface area contributed by atoms with E-state index in [0.717, 1.165) is 5.56 Å². The van der Waals surface area contributed by atoms with Crippen molar-refractivity contribution < 1.29 is 14.3 Å². The Morgan fingerprint density at radius 1 is 1.28 bits per heavy atom. The number of benzene rings is 1. The molecule has 0 bridgehead atoms. The van der Waals surface area contributed by atoms with Crippen molar-refractivity contribution in [2.75, 3.05) is 6.54 Å². The van der Waals surface area contributed by atoms with Crippen molar-refractivity contribution in [3.8, 4) is 0 Å². The van der Waals surface area contributed by atoms with Crippen molar-refractivity contribution in [3.63, 3.8) is 0 Å². The van der Waals surface area contributed by atoms with E-state index in [-0.39, 0.29) is 19.1 Å². The van der Waals surface area contributed by atoms with Crippen molar-refractivity contribution in [2.45, 2.75) is 26.0 Å². The monoisotopic (exact) mass is 250 g/mol. The third kappa shape index (κ3) is 4.97. The van der Waals surface area contributed by atoms with E-state index in [0.29, 0.717) is 0 Å². The van der Waals surface area contributed by atoms with E-state index in [1.165, 1.54) is 0 Å². The number of carbonyl (C=O) groups is 2. The lowest BCUT2D eigenvalue weighted by Crippen LogP contribution is -2.50. The molecule has 5 heteroatoms. The third-order valence-electron chi connectivity index (χ3n) is 2.22. The first-order chi connectivity index (χ1) is 8.39. The average molecular weight is 250 g/mol. The van der Waals surface area contributed by atoms with Gasteiger partial charge in [-0.15, -0.1) is 0 Å². The van der Waals surface area contributed by atoms with Crippen LogP contribution in [0.4, 0.5) is 0 Å². The molecule has 1 aromatic rings. The van der Waals surface area contributed by atoms with E-state index in [1.54, 1.807) is 13.8 Å². The molecule has 0 fully saturated rings. The molecule has 0 aromatic heterocycles. The summed E-state index contributed by atoms with van der Waals surface area (Å²) in [5.74, 6) is -0.879. The van der Waals surface area contributed by atoms with Crippen LogP contribution < -0.4 is 11.1 Å². The second-order valence-corrected chi connectivity index (χ2v) is 4.55. The molecule has 0 unspecified atom stereocenters. The highest BCUT2D eigenvalue weighted by Crippen LogP contribution is 2.00. The zero-order chi connectivity index (χ0) is 13.6. The van der Waals surface area contributed by atoms with E-state index in [1.807, 2.05) is 30.3 Å². The molecule has 0 atom stereocenters. The second-order valence-electron chi connectivity index (χ2n) is 4.55. The molecule has 3 N–H and O–H groups in total. The normalized spacial score (nSPS) is 10.8. The fourth-order valence-corrected chi connectivity index (χ4v) is 1.17. The predicted octanol–water partition coefficient (Wildman–Crippen LogP) is 0.583. The molecule has 0 saturated carbocycles. The number of nitrogens with two attached hydrogens (primary N) is 1. The number of hydrogen-bond acceptors (Lipinski definition) is 4. The Balaban J connectivity index is 2.29. The van der Waals surface area contributed by atoms with Gasteiger partial charge in [0.05, 0.1) is 5.54 Å². The van der Waals surface area contributed by atoms with Gasteiger partial charge in [-0.2, -0.15) is 0 Å². The summed E-state index contributed by atoms with van der Waals surface area (Å²) in [4.78, 5) is 22.8. The van der Waals surface area contributed by atoms with Crippen molar-refractivity contribution in [2.24, 2.45) is 5.73 Å². The van der Waals surface area contributed by atoms with Crippen LogP contribution >= 0.6 is 0 Å². The van der Waals surface area contributed by atoms with E-state index in [2.05, 4.69) is 5.32 Å². The molecule has 1 rings (SSSR count). The fraction of sp³-hybridized carbons (Fsp3) is 0.385. The molecule has 1 aromatic carbocycles. The molecule has 0 aliphatic heterocycles. The molecule has 0 radical (unpaired) electrons. The lowest BCUT2D eigenvalue weighted by Gasteiger charge is -2.17. The van der Waals surface area contributed by atoms with Gasteiger partial charge in [0, 0.05) is 0 Å². The highest BCUT2D eigenvalue weighted by Gasteiger charge is 2.22. The number of amides is 1. The maximum atomic E-state index is 11.4. The highest BCUT2D eigenvalue weighted by atomic mass is 16.5. The van der Waals surface area contributed by atoms with Crippen molar-refractivity contribution in [3.05, 3.63) is 35.9 Å². The van der Waals surface area contributed by atoms with E-state index < -0.39 is 11.5 Å². The molecule has 0 aliphatic rings. The smallest absolute Gasteiger partial charge is 0.325 e. The van der Waals surface area contributed by atoms with Gasteiger partial charge >= 0.3 is 5.97 Å². The van der Waals surface area contributed by atoms with Crippen LogP contribution in [0.15, 0.2) is 30.3 Å². The number of hydrogen-bond donors (Lipinski definition) is 2. The Hall–Kier alpha value is -1.88. The molecule has 18 heavy (non-hydrogen) atoms. The first-order valence-electron chi connectivity index (χ1n) is 5.66. The van der Waals surface area contributed by atoms with Gasteiger partial charge in [-0.05, 0) is 19.4 Å². The van der Waals surface area contributed by atoms with E-state index in [9.17, 15) is 9.59 Å². The average Bonchev–Trinajstić information content (AvgIpc) is 2.33. The third-order valence-corrected chi connectivity index (χ3v) is 2.22. The molecule has 98 valence electrons. The van der Waals surface area contributed by atoms with Gasteiger partial charge in [0.25, 0.3) is 0 Å². The Kier molecular flexibility index (Phi) is 4.85. The molecule has 1 amide bonds. The van der Waals surface area contributed by atoms with Crippen LogP contribution in [0.2, 0.25) is 0 Å². The summed E-state index contributed by atoms with van der Waals surface area (Å²) in [6.45, 7) is 3.16. The second kappa shape index (κ2) is 6.16. The summed E-state index contributed by atoms with van der Waals surface area (Å²) in [6.07, 6.45) is 0. The van der Waals surface area contributed by atoms with Crippen LogP contribution in [0.1, 0.15) is 19.4 Å². The first kappa shape index (κ1) is 14.2. The van der Waals surface area contributed by atoms with Gasteiger partial charge < -0.3 is 15.8 Å². The summed E-state index contributed by atoms with van der Waals surface area (Å²) in [7, 11) is 0. The van der Waals surface area contributed by atoms with Gasteiger partial charge in [0.15, 0.2) is 0 Å².